The molecule has 0 saturated heterocycles. The molecule has 0 fully saturated rings. The van der Waals surface area contributed by atoms with Crippen LogP contribution < -0.4 is 5.56 Å². The lowest BCUT2D eigenvalue weighted by atomic mass is 10.3. The number of nitrogens with one attached hydrogen (secondary N) is 1. The highest BCUT2D eigenvalue weighted by atomic mass is 16.7. The highest BCUT2D eigenvalue weighted by Crippen LogP contribution is 2.03. The van der Waals surface area contributed by atoms with Gasteiger partial charge in [-0.05, 0) is 20.8 Å². The summed E-state index contributed by atoms with van der Waals surface area (Å²) in [5.74, 6) is -0.283. The van der Waals surface area contributed by atoms with Crippen LogP contribution in [0.3, 0.4) is 0 Å². The van der Waals surface area contributed by atoms with Crippen molar-refractivity contribution in [1.29, 1.82) is 0 Å². The molecule has 1 N–H and O–H groups in total. The first-order chi connectivity index (χ1) is 9.62. The Morgan fingerprint density at radius 1 is 1.25 bits per heavy atom. The summed E-state index contributed by atoms with van der Waals surface area (Å²) in [4.78, 5) is 29.8. The number of aromatic amines is 1. The fraction of sp³-hybridized carbons (Fsp3) is 0.615. The zero-order chi connectivity index (χ0) is 15.0. The van der Waals surface area contributed by atoms with Crippen LogP contribution in [0.2, 0.25) is 0 Å². The minimum atomic E-state index is -0.682. The van der Waals surface area contributed by atoms with Gasteiger partial charge in [0.1, 0.15) is 11.4 Å². The number of rotatable bonds is 8. The van der Waals surface area contributed by atoms with E-state index in [1.807, 2.05) is 13.8 Å². The number of esters is 1. The average molecular weight is 284 g/mol. The fourth-order valence-electron chi connectivity index (χ4n) is 1.59. The molecule has 0 bridgehead atoms. The molecule has 1 rings (SSSR count). The van der Waals surface area contributed by atoms with Gasteiger partial charge < -0.3 is 19.2 Å². The van der Waals surface area contributed by atoms with E-state index in [1.54, 1.807) is 6.92 Å². The molecule has 1 aromatic rings. The molecule has 0 amide bonds. The molecule has 0 aliphatic rings. The lowest BCUT2D eigenvalue weighted by Crippen LogP contribution is -2.26. The molecule has 0 aliphatic heterocycles. The zero-order valence-electron chi connectivity index (χ0n) is 12.0. The van der Waals surface area contributed by atoms with E-state index in [4.69, 9.17) is 14.2 Å². The van der Waals surface area contributed by atoms with Gasteiger partial charge in [-0.1, -0.05) is 0 Å². The van der Waals surface area contributed by atoms with Crippen LogP contribution in [0, 0.1) is 0 Å². The van der Waals surface area contributed by atoms with Crippen molar-refractivity contribution >= 4 is 5.97 Å². The Bertz CT molecular complexity index is 480. The van der Waals surface area contributed by atoms with Crippen LogP contribution in [0.15, 0.2) is 11.0 Å². The van der Waals surface area contributed by atoms with E-state index in [1.165, 1.54) is 6.20 Å². The van der Waals surface area contributed by atoms with Gasteiger partial charge in [0.15, 0.2) is 6.29 Å². The number of hydrogen-bond donors (Lipinski definition) is 1. The highest BCUT2D eigenvalue weighted by Gasteiger charge is 2.15. The zero-order valence-corrected chi connectivity index (χ0v) is 12.0. The van der Waals surface area contributed by atoms with Gasteiger partial charge in [0.2, 0.25) is 0 Å². The number of carbonyl (C=O) groups excluding carboxylic acids is 1. The van der Waals surface area contributed by atoms with Crippen molar-refractivity contribution in [2.24, 2.45) is 0 Å². The molecule has 1 heterocycles. The maximum atomic E-state index is 11.8. The van der Waals surface area contributed by atoms with E-state index >= 15 is 0 Å². The first kappa shape index (κ1) is 16.3. The predicted molar refractivity (Wildman–Crippen MR) is 71.6 cm³/mol. The van der Waals surface area contributed by atoms with E-state index in [0.29, 0.717) is 25.5 Å². The lowest BCUT2D eigenvalue weighted by Gasteiger charge is -2.16. The third-order valence-electron chi connectivity index (χ3n) is 2.41. The van der Waals surface area contributed by atoms with Crippen LogP contribution in [-0.4, -0.2) is 42.0 Å². The monoisotopic (exact) mass is 284 g/mol. The Labute approximate surface area is 117 Å². The quantitative estimate of drug-likeness (QED) is 0.563. The van der Waals surface area contributed by atoms with Crippen LogP contribution >= 0.6 is 0 Å². The van der Waals surface area contributed by atoms with Gasteiger partial charge in [0.05, 0.1) is 13.0 Å². The summed E-state index contributed by atoms with van der Waals surface area (Å²) >= 11 is 0. The van der Waals surface area contributed by atoms with Crippen molar-refractivity contribution in [3.05, 3.63) is 27.9 Å². The summed E-state index contributed by atoms with van der Waals surface area (Å²) in [5.41, 5.74) is -0.639. The summed E-state index contributed by atoms with van der Waals surface area (Å²) in [6.45, 7) is 6.57. The van der Waals surface area contributed by atoms with Crippen LogP contribution in [0.1, 0.15) is 37.0 Å². The van der Waals surface area contributed by atoms with E-state index in [0.717, 1.165) is 0 Å². The maximum absolute atomic E-state index is 11.8. The molecule has 0 aliphatic carbocycles. The second-order valence-electron chi connectivity index (χ2n) is 3.84. The van der Waals surface area contributed by atoms with Crippen LogP contribution in [-0.2, 0) is 20.6 Å². The van der Waals surface area contributed by atoms with Crippen LogP contribution in [0.25, 0.3) is 0 Å². The molecular weight excluding hydrogens is 264 g/mol. The van der Waals surface area contributed by atoms with E-state index in [2.05, 4.69) is 9.97 Å². The summed E-state index contributed by atoms with van der Waals surface area (Å²) in [5, 5.41) is 0. The number of hydrogen-bond acceptors (Lipinski definition) is 6. The Hall–Kier alpha value is -1.73. The summed E-state index contributed by atoms with van der Waals surface area (Å²) < 4.78 is 15.5. The average Bonchev–Trinajstić information content (AvgIpc) is 2.39. The number of H-pyrrole nitrogens is 1. The Morgan fingerprint density at radius 2 is 1.90 bits per heavy atom. The molecule has 0 aromatic carbocycles. The first-order valence-electron chi connectivity index (χ1n) is 6.60. The largest absolute Gasteiger partial charge is 0.462 e. The topological polar surface area (TPSA) is 90.5 Å². The van der Waals surface area contributed by atoms with Crippen molar-refractivity contribution in [2.75, 3.05) is 19.8 Å². The molecule has 0 unspecified atom stereocenters. The minimum Gasteiger partial charge on any atom is -0.462 e. The Morgan fingerprint density at radius 3 is 2.40 bits per heavy atom. The van der Waals surface area contributed by atoms with Crippen LogP contribution in [0.5, 0.6) is 0 Å². The summed E-state index contributed by atoms with van der Waals surface area (Å²) in [6.07, 6.45) is 1.04. The van der Waals surface area contributed by atoms with Gasteiger partial charge >= 0.3 is 5.97 Å². The number of nitrogens with zero attached hydrogens (tertiary/aromatic N) is 1. The second-order valence-corrected chi connectivity index (χ2v) is 3.84. The molecule has 20 heavy (non-hydrogen) atoms. The summed E-state index contributed by atoms with van der Waals surface area (Å²) in [7, 11) is 0. The van der Waals surface area contributed by atoms with Crippen LogP contribution in [0.4, 0.5) is 0 Å². The molecule has 112 valence electrons. The third-order valence-corrected chi connectivity index (χ3v) is 2.41. The van der Waals surface area contributed by atoms with E-state index in [-0.39, 0.29) is 12.2 Å². The van der Waals surface area contributed by atoms with Gasteiger partial charge in [-0.15, -0.1) is 0 Å². The highest BCUT2D eigenvalue weighted by molar-refractivity contribution is 5.88. The van der Waals surface area contributed by atoms with Crippen molar-refractivity contribution in [3.8, 4) is 0 Å². The Balaban J connectivity index is 2.80. The number of carbonyl (C=O) groups is 1. The first-order valence-corrected chi connectivity index (χ1v) is 6.60. The number of ether oxygens (including phenoxy) is 3. The molecule has 0 saturated carbocycles. The molecule has 0 atom stereocenters. The SMILES string of the molecule is CCOC(=O)c1cnc(CC(OCC)OCC)[nH]c1=O. The summed E-state index contributed by atoms with van der Waals surface area (Å²) in [6, 6.07) is 0. The Kier molecular flexibility index (Phi) is 6.89. The molecule has 1 aromatic heterocycles. The standard InChI is InChI=1S/C13H20N2O5/c1-4-18-11(19-5-2)7-10-14-8-9(12(16)15-10)13(17)20-6-3/h8,11H,4-7H2,1-3H3,(H,14,15,16). The molecule has 0 radical (unpaired) electrons. The van der Waals surface area contributed by atoms with Crippen molar-refractivity contribution in [1.82, 2.24) is 9.97 Å². The maximum Gasteiger partial charge on any atom is 0.345 e. The smallest absolute Gasteiger partial charge is 0.345 e. The van der Waals surface area contributed by atoms with Gasteiger partial charge in [0, 0.05) is 19.4 Å². The van der Waals surface area contributed by atoms with Gasteiger partial charge in [0.25, 0.3) is 5.56 Å². The fourth-order valence-corrected chi connectivity index (χ4v) is 1.59. The van der Waals surface area contributed by atoms with E-state index < -0.39 is 17.8 Å². The molecule has 0 spiro atoms. The van der Waals surface area contributed by atoms with Crippen molar-refractivity contribution in [2.45, 2.75) is 33.5 Å². The third kappa shape index (κ3) is 4.75. The second kappa shape index (κ2) is 8.44. The van der Waals surface area contributed by atoms with Gasteiger partial charge in [-0.25, -0.2) is 9.78 Å². The van der Waals surface area contributed by atoms with Crippen molar-refractivity contribution in [3.63, 3.8) is 0 Å². The predicted octanol–water partition coefficient (Wildman–Crippen LogP) is 0.888. The molecule has 7 nitrogen and oxygen atoms in total. The molecular formula is C13H20N2O5. The lowest BCUT2D eigenvalue weighted by molar-refractivity contribution is -0.135. The van der Waals surface area contributed by atoms with Crippen molar-refractivity contribution < 1.29 is 19.0 Å². The minimum absolute atomic E-state index is 0.111. The van der Waals surface area contributed by atoms with E-state index in [9.17, 15) is 9.59 Å². The molecule has 7 heteroatoms. The number of aromatic nitrogens is 2. The van der Waals surface area contributed by atoms with Gasteiger partial charge in [-0.3, -0.25) is 4.79 Å². The van der Waals surface area contributed by atoms with Gasteiger partial charge in [-0.2, -0.15) is 0 Å². The normalized spacial score (nSPS) is 10.8.